The molecule has 0 amide bonds. The molecule has 28 heavy (non-hydrogen) atoms. The summed E-state index contributed by atoms with van der Waals surface area (Å²) in [6.07, 6.45) is 0. The number of rotatable bonds is 6. The number of hydrogen-bond acceptors (Lipinski definition) is 6. The molecular weight excluding hydrogens is 390 g/mol. The van der Waals surface area contributed by atoms with E-state index in [2.05, 4.69) is 16.9 Å². The van der Waals surface area contributed by atoms with Gasteiger partial charge in [-0.25, -0.2) is 9.97 Å². The van der Waals surface area contributed by atoms with Crippen molar-refractivity contribution in [3.63, 3.8) is 0 Å². The summed E-state index contributed by atoms with van der Waals surface area (Å²) in [6.45, 7) is 2.50. The Balaban J connectivity index is 1.42. The molecule has 0 saturated heterocycles. The number of ether oxygens (including phenoxy) is 1. The molecule has 0 bridgehead atoms. The molecule has 0 N–H and O–H groups in total. The van der Waals surface area contributed by atoms with Crippen molar-refractivity contribution >= 4 is 34.0 Å². The van der Waals surface area contributed by atoms with Crippen LogP contribution in [0, 0.1) is 6.92 Å². The van der Waals surface area contributed by atoms with Gasteiger partial charge in [-0.3, -0.25) is 9.36 Å². The van der Waals surface area contributed by atoms with Crippen LogP contribution >= 0.6 is 23.1 Å². The van der Waals surface area contributed by atoms with Crippen LogP contribution in [0.25, 0.3) is 10.9 Å². The van der Waals surface area contributed by atoms with E-state index in [0.717, 1.165) is 22.0 Å². The number of thioether (sulfide) groups is 1. The Morgan fingerprint density at radius 2 is 1.89 bits per heavy atom. The Kier molecular flexibility index (Phi) is 5.45. The molecule has 0 fully saturated rings. The molecule has 2 heterocycles. The number of thiazole rings is 1. The first-order valence-corrected chi connectivity index (χ1v) is 10.7. The molecule has 2 aromatic heterocycles. The minimum absolute atomic E-state index is 0.0291. The molecule has 142 valence electrons. The van der Waals surface area contributed by atoms with Gasteiger partial charge < -0.3 is 4.74 Å². The lowest BCUT2D eigenvalue weighted by molar-refractivity contribution is 0.305. The largest absolute Gasteiger partial charge is 0.486 e. The molecule has 0 radical (unpaired) electrons. The summed E-state index contributed by atoms with van der Waals surface area (Å²) < 4.78 is 7.39. The predicted molar refractivity (Wildman–Crippen MR) is 114 cm³/mol. The molecule has 7 heteroatoms. The first-order chi connectivity index (χ1) is 13.6. The molecule has 0 spiro atoms. The quantitative estimate of drug-likeness (QED) is 0.345. The number of fused-ring (bicyclic) bond motifs is 1. The third kappa shape index (κ3) is 4.10. The summed E-state index contributed by atoms with van der Waals surface area (Å²) in [6, 6.07) is 15.4. The molecule has 0 aliphatic rings. The molecule has 4 rings (SSSR count). The zero-order chi connectivity index (χ0) is 19.5. The molecule has 0 atom stereocenters. The third-order valence-electron chi connectivity index (χ3n) is 4.27. The van der Waals surface area contributed by atoms with Crippen LogP contribution in [-0.4, -0.2) is 14.5 Å². The van der Waals surface area contributed by atoms with E-state index in [-0.39, 0.29) is 5.56 Å². The van der Waals surface area contributed by atoms with Gasteiger partial charge in [-0.05, 0) is 31.2 Å². The lowest BCUT2D eigenvalue weighted by atomic mass is 10.2. The van der Waals surface area contributed by atoms with Gasteiger partial charge in [0, 0.05) is 18.2 Å². The average Bonchev–Trinajstić information content (AvgIpc) is 3.17. The van der Waals surface area contributed by atoms with Gasteiger partial charge in [0.2, 0.25) is 0 Å². The molecule has 4 aromatic rings. The van der Waals surface area contributed by atoms with Gasteiger partial charge in [0.05, 0.1) is 16.6 Å². The van der Waals surface area contributed by atoms with E-state index in [1.54, 1.807) is 29.0 Å². The second-order valence-corrected chi connectivity index (χ2v) is 8.28. The summed E-state index contributed by atoms with van der Waals surface area (Å²) in [5.41, 5.74) is 2.86. The van der Waals surface area contributed by atoms with E-state index in [9.17, 15) is 4.79 Å². The maximum atomic E-state index is 12.5. The maximum absolute atomic E-state index is 12.5. The van der Waals surface area contributed by atoms with E-state index < -0.39 is 0 Å². The van der Waals surface area contributed by atoms with Crippen LogP contribution in [0.5, 0.6) is 5.75 Å². The molecule has 2 aromatic carbocycles. The summed E-state index contributed by atoms with van der Waals surface area (Å²) in [5, 5.41) is 4.28. The van der Waals surface area contributed by atoms with Gasteiger partial charge in [0.1, 0.15) is 17.4 Å². The summed E-state index contributed by atoms with van der Waals surface area (Å²) >= 11 is 3.09. The predicted octanol–water partition coefficient (Wildman–Crippen LogP) is 4.57. The van der Waals surface area contributed by atoms with Crippen molar-refractivity contribution in [3.05, 3.63) is 80.5 Å². The fraction of sp³-hybridized carbons (Fsp3) is 0.190. The standard InChI is InChI=1S/C21H19N3O2S2/c1-14-7-9-16(10-8-14)26-11-19-22-15(12-27-19)13-28-21-23-18-6-4-3-5-17(18)20(25)24(21)2/h3-10,12H,11,13H2,1-2H3. The summed E-state index contributed by atoms with van der Waals surface area (Å²) in [5.74, 6) is 1.49. The first kappa shape index (κ1) is 18.7. The number of aromatic nitrogens is 3. The third-order valence-corrected chi connectivity index (χ3v) is 6.21. The highest BCUT2D eigenvalue weighted by Gasteiger charge is 2.10. The van der Waals surface area contributed by atoms with E-state index in [1.807, 2.05) is 47.8 Å². The van der Waals surface area contributed by atoms with Gasteiger partial charge in [-0.1, -0.05) is 41.6 Å². The molecule has 5 nitrogen and oxygen atoms in total. The van der Waals surface area contributed by atoms with E-state index in [1.165, 1.54) is 17.3 Å². The van der Waals surface area contributed by atoms with E-state index >= 15 is 0 Å². The fourth-order valence-corrected chi connectivity index (χ4v) is 4.40. The average molecular weight is 410 g/mol. The number of nitrogens with zero attached hydrogens (tertiary/aromatic N) is 3. The van der Waals surface area contributed by atoms with Gasteiger partial charge in [0.15, 0.2) is 5.16 Å². The summed E-state index contributed by atoms with van der Waals surface area (Å²) in [7, 11) is 1.76. The lowest BCUT2D eigenvalue weighted by Gasteiger charge is -2.07. The van der Waals surface area contributed by atoms with Crippen molar-refractivity contribution in [2.75, 3.05) is 0 Å². The Labute approximate surface area is 171 Å². The van der Waals surface area contributed by atoms with Crippen molar-refractivity contribution in [1.82, 2.24) is 14.5 Å². The van der Waals surface area contributed by atoms with Crippen molar-refractivity contribution in [3.8, 4) is 5.75 Å². The number of para-hydroxylation sites is 1. The highest BCUT2D eigenvalue weighted by atomic mass is 32.2. The Bertz CT molecular complexity index is 1170. The highest BCUT2D eigenvalue weighted by Crippen LogP contribution is 2.23. The lowest BCUT2D eigenvalue weighted by Crippen LogP contribution is -2.19. The number of hydrogen-bond donors (Lipinski definition) is 0. The SMILES string of the molecule is Cc1ccc(OCc2nc(CSc3nc4ccccc4c(=O)n3C)cs2)cc1. The molecule has 0 aliphatic carbocycles. The minimum Gasteiger partial charge on any atom is -0.486 e. The van der Waals surface area contributed by atoms with Gasteiger partial charge >= 0.3 is 0 Å². The zero-order valence-electron chi connectivity index (χ0n) is 15.6. The Hall–Kier alpha value is -2.64. The highest BCUT2D eigenvalue weighted by molar-refractivity contribution is 7.98. The minimum atomic E-state index is -0.0291. The fourth-order valence-electron chi connectivity index (χ4n) is 2.73. The van der Waals surface area contributed by atoms with Crippen LogP contribution in [0.2, 0.25) is 0 Å². The normalized spacial score (nSPS) is 11.1. The van der Waals surface area contributed by atoms with Crippen molar-refractivity contribution in [1.29, 1.82) is 0 Å². The summed E-state index contributed by atoms with van der Waals surface area (Å²) in [4.78, 5) is 21.7. The smallest absolute Gasteiger partial charge is 0.261 e. The molecule has 0 saturated carbocycles. The first-order valence-electron chi connectivity index (χ1n) is 8.81. The van der Waals surface area contributed by atoms with Crippen molar-refractivity contribution in [2.45, 2.75) is 24.4 Å². The topological polar surface area (TPSA) is 57.0 Å². The Morgan fingerprint density at radius 3 is 2.71 bits per heavy atom. The number of aryl methyl sites for hydroxylation is 1. The second kappa shape index (κ2) is 8.16. The number of benzene rings is 2. The Morgan fingerprint density at radius 1 is 1.11 bits per heavy atom. The van der Waals surface area contributed by atoms with Gasteiger partial charge in [0.25, 0.3) is 5.56 Å². The van der Waals surface area contributed by atoms with Gasteiger partial charge in [-0.2, -0.15) is 0 Å². The maximum Gasteiger partial charge on any atom is 0.261 e. The second-order valence-electron chi connectivity index (χ2n) is 6.40. The zero-order valence-corrected chi connectivity index (χ0v) is 17.2. The van der Waals surface area contributed by atoms with Crippen LogP contribution < -0.4 is 10.3 Å². The molecule has 0 unspecified atom stereocenters. The van der Waals surface area contributed by atoms with Crippen molar-refractivity contribution < 1.29 is 4.74 Å². The molecular formula is C21H19N3O2S2. The van der Waals surface area contributed by atoms with Crippen LogP contribution in [0.3, 0.4) is 0 Å². The van der Waals surface area contributed by atoms with Crippen molar-refractivity contribution in [2.24, 2.45) is 7.05 Å². The van der Waals surface area contributed by atoms with Crippen LogP contribution in [-0.2, 0) is 19.4 Å². The van der Waals surface area contributed by atoms with Crippen LogP contribution in [0.1, 0.15) is 16.3 Å². The van der Waals surface area contributed by atoms with Crippen LogP contribution in [0.4, 0.5) is 0 Å². The monoisotopic (exact) mass is 409 g/mol. The molecule has 0 aliphatic heterocycles. The van der Waals surface area contributed by atoms with Gasteiger partial charge in [-0.15, -0.1) is 11.3 Å². The van der Waals surface area contributed by atoms with Crippen LogP contribution in [0.15, 0.2) is 63.9 Å². The van der Waals surface area contributed by atoms with E-state index in [4.69, 9.17) is 4.74 Å². The van der Waals surface area contributed by atoms with E-state index in [0.29, 0.717) is 22.9 Å².